The third kappa shape index (κ3) is 4.88. The Morgan fingerprint density at radius 2 is 2.29 bits per heavy atom. The maximum Gasteiger partial charge on any atom is 0.223 e. The normalized spacial score (nSPS) is 11.9. The summed E-state index contributed by atoms with van der Waals surface area (Å²) in [6, 6.07) is 0. The lowest BCUT2D eigenvalue weighted by Gasteiger charge is -2.20. The van der Waals surface area contributed by atoms with E-state index in [0.717, 1.165) is 13.0 Å². The van der Waals surface area contributed by atoms with Gasteiger partial charge in [-0.25, -0.2) is 0 Å². The van der Waals surface area contributed by atoms with Crippen molar-refractivity contribution in [1.29, 1.82) is 0 Å². The molecule has 0 aromatic heterocycles. The Balaban J connectivity index is 4.08. The van der Waals surface area contributed by atoms with Crippen molar-refractivity contribution in [2.75, 3.05) is 19.6 Å². The van der Waals surface area contributed by atoms with Gasteiger partial charge in [-0.3, -0.25) is 4.79 Å². The molecule has 1 unspecified atom stereocenters. The quantitative estimate of drug-likeness (QED) is 0.640. The van der Waals surface area contributed by atoms with E-state index in [1.165, 1.54) is 0 Å². The summed E-state index contributed by atoms with van der Waals surface area (Å²) in [6.07, 6.45) is 6.63. The van der Waals surface area contributed by atoms with Crippen LogP contribution in [0, 0.1) is 18.3 Å². The van der Waals surface area contributed by atoms with Crippen molar-refractivity contribution in [3.05, 3.63) is 0 Å². The van der Waals surface area contributed by atoms with Gasteiger partial charge in [0.05, 0.1) is 6.54 Å². The highest BCUT2D eigenvalue weighted by Gasteiger charge is 2.13. The first kappa shape index (κ1) is 13.0. The molecule has 14 heavy (non-hydrogen) atoms. The van der Waals surface area contributed by atoms with Crippen molar-refractivity contribution in [2.45, 2.75) is 26.7 Å². The van der Waals surface area contributed by atoms with Gasteiger partial charge in [0.2, 0.25) is 5.91 Å². The first-order valence-corrected chi connectivity index (χ1v) is 5.07. The summed E-state index contributed by atoms with van der Waals surface area (Å²) in [5, 5.41) is 0. The van der Waals surface area contributed by atoms with Crippen LogP contribution in [0.25, 0.3) is 0 Å². The fourth-order valence-electron chi connectivity index (χ4n) is 1.18. The number of carbonyl (C=O) groups is 1. The van der Waals surface area contributed by atoms with Crippen LogP contribution in [0.3, 0.4) is 0 Å². The number of nitrogens with zero attached hydrogens (tertiary/aromatic N) is 1. The third-order valence-electron chi connectivity index (χ3n) is 2.05. The van der Waals surface area contributed by atoms with Gasteiger partial charge in [0.1, 0.15) is 0 Å². The zero-order chi connectivity index (χ0) is 11.0. The minimum atomic E-state index is 0.114. The van der Waals surface area contributed by atoms with Crippen molar-refractivity contribution >= 4 is 5.91 Å². The molecule has 0 fully saturated rings. The molecule has 0 aromatic carbocycles. The fourth-order valence-corrected chi connectivity index (χ4v) is 1.18. The number of terminal acetylenes is 1. The Kier molecular flexibility index (Phi) is 6.87. The van der Waals surface area contributed by atoms with Crippen LogP contribution in [0.1, 0.15) is 26.7 Å². The van der Waals surface area contributed by atoms with Gasteiger partial charge in [0, 0.05) is 13.0 Å². The summed E-state index contributed by atoms with van der Waals surface area (Å²) in [5.74, 6) is 2.85. The highest BCUT2D eigenvalue weighted by Crippen LogP contribution is 2.04. The molecule has 0 aliphatic rings. The molecule has 0 rings (SSSR count). The summed E-state index contributed by atoms with van der Waals surface area (Å²) in [4.78, 5) is 13.4. The highest BCUT2D eigenvalue weighted by molar-refractivity contribution is 5.76. The SMILES string of the molecule is C#CCN(CCC)C(=O)CC(C)CN. The molecule has 0 aliphatic carbocycles. The number of hydrogen-bond acceptors (Lipinski definition) is 2. The molecule has 3 heteroatoms. The maximum absolute atomic E-state index is 11.7. The molecule has 0 spiro atoms. The molecule has 3 nitrogen and oxygen atoms in total. The van der Waals surface area contributed by atoms with Crippen LogP contribution >= 0.6 is 0 Å². The molecule has 1 amide bonds. The predicted molar refractivity (Wildman–Crippen MR) is 58.5 cm³/mol. The van der Waals surface area contributed by atoms with Gasteiger partial charge in [-0.15, -0.1) is 6.42 Å². The smallest absolute Gasteiger partial charge is 0.223 e. The van der Waals surface area contributed by atoms with E-state index in [-0.39, 0.29) is 11.8 Å². The largest absolute Gasteiger partial charge is 0.332 e. The molecule has 0 saturated heterocycles. The molecule has 2 N–H and O–H groups in total. The first-order chi connectivity index (χ1) is 6.65. The zero-order valence-electron chi connectivity index (χ0n) is 9.12. The van der Waals surface area contributed by atoms with Crippen LogP contribution in [0.15, 0.2) is 0 Å². The van der Waals surface area contributed by atoms with Crippen LogP contribution in [0.2, 0.25) is 0 Å². The minimum Gasteiger partial charge on any atom is -0.332 e. The lowest BCUT2D eigenvalue weighted by Crippen LogP contribution is -2.34. The second-order valence-corrected chi connectivity index (χ2v) is 3.56. The van der Waals surface area contributed by atoms with E-state index in [0.29, 0.717) is 19.5 Å². The topological polar surface area (TPSA) is 46.3 Å². The number of rotatable bonds is 6. The van der Waals surface area contributed by atoms with Crippen molar-refractivity contribution in [3.63, 3.8) is 0 Å². The number of hydrogen-bond donors (Lipinski definition) is 1. The summed E-state index contributed by atoms with van der Waals surface area (Å²) in [7, 11) is 0. The van der Waals surface area contributed by atoms with Gasteiger partial charge in [-0.05, 0) is 18.9 Å². The van der Waals surface area contributed by atoms with Crippen LogP contribution in [0.4, 0.5) is 0 Å². The Morgan fingerprint density at radius 1 is 1.64 bits per heavy atom. The van der Waals surface area contributed by atoms with Crippen LogP contribution in [-0.4, -0.2) is 30.4 Å². The standard InChI is InChI=1S/C11H20N2O/c1-4-6-13(7-5-2)11(14)8-10(3)9-12/h1,10H,5-9,12H2,2-3H3. The summed E-state index contributed by atoms with van der Waals surface area (Å²) >= 11 is 0. The van der Waals surface area contributed by atoms with Gasteiger partial charge in [0.15, 0.2) is 0 Å². The molecule has 0 aromatic rings. The zero-order valence-corrected chi connectivity index (χ0v) is 9.12. The summed E-state index contributed by atoms with van der Waals surface area (Å²) in [6.45, 7) is 5.69. The van der Waals surface area contributed by atoms with Gasteiger partial charge < -0.3 is 10.6 Å². The van der Waals surface area contributed by atoms with E-state index in [1.54, 1.807) is 4.90 Å². The Bertz CT molecular complexity index is 208. The van der Waals surface area contributed by atoms with Crippen molar-refractivity contribution in [1.82, 2.24) is 4.90 Å². The molecule has 1 atom stereocenters. The Morgan fingerprint density at radius 3 is 2.71 bits per heavy atom. The monoisotopic (exact) mass is 196 g/mol. The number of amides is 1. The molecule has 80 valence electrons. The predicted octanol–water partition coefficient (Wildman–Crippen LogP) is 0.843. The summed E-state index contributed by atoms with van der Waals surface area (Å²) in [5.41, 5.74) is 5.46. The molecule has 0 saturated carbocycles. The first-order valence-electron chi connectivity index (χ1n) is 5.07. The number of nitrogens with two attached hydrogens (primary N) is 1. The van der Waals surface area contributed by atoms with E-state index in [4.69, 9.17) is 12.2 Å². The van der Waals surface area contributed by atoms with Gasteiger partial charge in [0.25, 0.3) is 0 Å². The number of carbonyl (C=O) groups excluding carboxylic acids is 1. The molecule has 0 bridgehead atoms. The van der Waals surface area contributed by atoms with Gasteiger partial charge in [-0.1, -0.05) is 19.8 Å². The van der Waals surface area contributed by atoms with E-state index >= 15 is 0 Å². The fraction of sp³-hybridized carbons (Fsp3) is 0.727. The Hall–Kier alpha value is -1.01. The van der Waals surface area contributed by atoms with Crippen molar-refractivity contribution < 1.29 is 4.79 Å². The second kappa shape index (κ2) is 7.40. The minimum absolute atomic E-state index is 0.114. The maximum atomic E-state index is 11.7. The molecular formula is C11H20N2O. The van der Waals surface area contributed by atoms with Crippen LogP contribution in [-0.2, 0) is 4.79 Å². The van der Waals surface area contributed by atoms with Crippen LogP contribution < -0.4 is 5.73 Å². The Labute approximate surface area is 86.6 Å². The third-order valence-corrected chi connectivity index (χ3v) is 2.05. The lowest BCUT2D eigenvalue weighted by molar-refractivity contribution is -0.131. The van der Waals surface area contributed by atoms with E-state index < -0.39 is 0 Å². The van der Waals surface area contributed by atoms with Gasteiger partial charge >= 0.3 is 0 Å². The molecule has 0 radical (unpaired) electrons. The van der Waals surface area contributed by atoms with Crippen LogP contribution in [0.5, 0.6) is 0 Å². The van der Waals surface area contributed by atoms with E-state index in [2.05, 4.69) is 5.92 Å². The van der Waals surface area contributed by atoms with E-state index in [1.807, 2.05) is 13.8 Å². The van der Waals surface area contributed by atoms with Crippen molar-refractivity contribution in [2.24, 2.45) is 11.7 Å². The van der Waals surface area contributed by atoms with Crippen molar-refractivity contribution in [3.8, 4) is 12.3 Å². The average molecular weight is 196 g/mol. The summed E-state index contributed by atoms with van der Waals surface area (Å²) < 4.78 is 0. The lowest BCUT2D eigenvalue weighted by atomic mass is 10.1. The molecular weight excluding hydrogens is 176 g/mol. The second-order valence-electron chi connectivity index (χ2n) is 3.56. The van der Waals surface area contributed by atoms with Gasteiger partial charge in [-0.2, -0.15) is 0 Å². The van der Waals surface area contributed by atoms with E-state index in [9.17, 15) is 4.79 Å². The average Bonchev–Trinajstić information content (AvgIpc) is 2.17. The molecule has 0 heterocycles. The molecule has 0 aliphatic heterocycles. The highest BCUT2D eigenvalue weighted by atomic mass is 16.2.